The lowest BCUT2D eigenvalue weighted by atomic mass is 9.72. The Balaban J connectivity index is 0.999. The van der Waals surface area contributed by atoms with Crippen LogP contribution in [0.4, 0.5) is 0 Å². The molecule has 6 aromatic rings. The summed E-state index contributed by atoms with van der Waals surface area (Å²) in [6.45, 7) is 2.24. The molecule has 4 N–H and O–H groups in total. The molecule has 0 radical (unpaired) electrons. The fourth-order valence-corrected chi connectivity index (χ4v) is 9.29. The Hall–Kier alpha value is -5.72. The first-order chi connectivity index (χ1) is 27.1. The molecule has 0 spiro atoms. The van der Waals surface area contributed by atoms with E-state index < -0.39 is 6.17 Å². The maximum Gasteiger partial charge on any atom is 0.141 e. The first-order valence-corrected chi connectivity index (χ1v) is 19.7. The van der Waals surface area contributed by atoms with Crippen molar-refractivity contribution in [3.8, 4) is 0 Å². The van der Waals surface area contributed by atoms with Gasteiger partial charge in [0.25, 0.3) is 0 Å². The van der Waals surface area contributed by atoms with E-state index in [0.717, 1.165) is 63.7 Å². The predicted molar refractivity (Wildman–Crippen MR) is 225 cm³/mol. The molecule has 0 bridgehead atoms. The monoisotopic (exact) mass is 719 g/mol. The summed E-state index contributed by atoms with van der Waals surface area (Å²) in [5.74, 6) is 1.54. The third-order valence-electron chi connectivity index (χ3n) is 12.1. The Bertz CT molecular complexity index is 2650. The minimum atomic E-state index is -0.454. The van der Waals surface area contributed by atoms with Gasteiger partial charge >= 0.3 is 0 Å². The van der Waals surface area contributed by atoms with Crippen LogP contribution in [0.5, 0.6) is 0 Å². The number of benzene rings is 4. The van der Waals surface area contributed by atoms with Gasteiger partial charge in [-0.3, -0.25) is 10.6 Å². The van der Waals surface area contributed by atoms with Gasteiger partial charge in [0.15, 0.2) is 0 Å². The molecule has 2 aromatic heterocycles. The third-order valence-corrected chi connectivity index (χ3v) is 12.1. The number of rotatable bonds is 9. The summed E-state index contributed by atoms with van der Waals surface area (Å²) < 4.78 is 13.1. The topological polar surface area (TPSA) is 76.4 Å². The maximum atomic E-state index is 7.29. The number of fused-ring (bicyclic) bond motifs is 7. The molecule has 272 valence electrons. The van der Waals surface area contributed by atoms with Gasteiger partial charge in [-0.15, -0.1) is 0 Å². The maximum absolute atomic E-state index is 7.29. The highest BCUT2D eigenvalue weighted by molar-refractivity contribution is 6.05. The minimum Gasteiger partial charge on any atom is -0.456 e. The Morgan fingerprint density at radius 1 is 0.727 bits per heavy atom. The van der Waals surface area contributed by atoms with Crippen molar-refractivity contribution in [2.24, 2.45) is 11.7 Å². The SMILES string of the molecule is CC(NC(NC(N)C1=C2C=CC=CC2C(c2cccc3oc4c(c23)CC(c2ccccc2)C=C4)C=C1)c1cccc2c1oc1ccccc12)C1=CC=CCC1. The Kier molecular flexibility index (Phi) is 8.71. The summed E-state index contributed by atoms with van der Waals surface area (Å²) in [6, 6.07) is 32.2. The number of hydrogen-bond donors (Lipinski definition) is 3. The number of furan rings is 2. The molecule has 0 fully saturated rings. The van der Waals surface area contributed by atoms with Crippen molar-refractivity contribution >= 4 is 39.0 Å². The lowest BCUT2D eigenvalue weighted by Gasteiger charge is -2.35. The second-order valence-electron chi connectivity index (χ2n) is 15.3. The van der Waals surface area contributed by atoms with Crippen LogP contribution in [0.25, 0.3) is 39.0 Å². The number of nitrogens with two attached hydrogens (primary N) is 1. The normalized spacial score (nSPS) is 21.9. The Morgan fingerprint density at radius 2 is 1.56 bits per heavy atom. The summed E-state index contributed by atoms with van der Waals surface area (Å²) >= 11 is 0. The summed E-state index contributed by atoms with van der Waals surface area (Å²) in [7, 11) is 0. The van der Waals surface area contributed by atoms with Crippen molar-refractivity contribution in [1.29, 1.82) is 0 Å². The van der Waals surface area contributed by atoms with Gasteiger partial charge in [0.2, 0.25) is 0 Å². The number of hydrogen-bond acceptors (Lipinski definition) is 5. The molecule has 55 heavy (non-hydrogen) atoms. The fourth-order valence-electron chi connectivity index (χ4n) is 9.29. The van der Waals surface area contributed by atoms with Crippen LogP contribution < -0.4 is 16.4 Å². The average molecular weight is 720 g/mol. The highest BCUT2D eigenvalue weighted by Crippen LogP contribution is 2.46. The first-order valence-electron chi connectivity index (χ1n) is 19.7. The van der Waals surface area contributed by atoms with E-state index in [4.69, 9.17) is 14.6 Å². The van der Waals surface area contributed by atoms with Gasteiger partial charge in [0.1, 0.15) is 22.5 Å². The average Bonchev–Trinajstić information content (AvgIpc) is 3.82. The van der Waals surface area contributed by atoms with E-state index in [1.165, 1.54) is 33.2 Å². The molecule has 5 nitrogen and oxygen atoms in total. The molecule has 6 unspecified atom stereocenters. The summed E-state index contributed by atoms with van der Waals surface area (Å²) in [6.07, 6.45) is 26.9. The number of allylic oxidation sites excluding steroid dienone is 10. The number of nitrogens with one attached hydrogen (secondary N) is 2. The zero-order chi connectivity index (χ0) is 36.9. The summed E-state index contributed by atoms with van der Waals surface area (Å²) in [4.78, 5) is 0. The number of para-hydroxylation sites is 2. The van der Waals surface area contributed by atoms with Crippen molar-refractivity contribution in [1.82, 2.24) is 10.6 Å². The van der Waals surface area contributed by atoms with Crippen molar-refractivity contribution in [3.63, 3.8) is 0 Å². The molecule has 4 aliphatic carbocycles. The lowest BCUT2D eigenvalue weighted by Crippen LogP contribution is -2.49. The van der Waals surface area contributed by atoms with Crippen LogP contribution in [-0.2, 0) is 6.42 Å². The smallest absolute Gasteiger partial charge is 0.141 e. The molecule has 10 rings (SSSR count). The van der Waals surface area contributed by atoms with Crippen LogP contribution in [0.2, 0.25) is 0 Å². The molecule has 2 heterocycles. The van der Waals surface area contributed by atoms with Crippen LogP contribution in [0.15, 0.2) is 177 Å². The highest BCUT2D eigenvalue weighted by atomic mass is 16.3. The molecule has 0 amide bonds. The van der Waals surface area contributed by atoms with E-state index in [-0.39, 0.29) is 24.0 Å². The molecule has 0 saturated carbocycles. The summed E-state index contributed by atoms with van der Waals surface area (Å²) in [5, 5.41) is 11.2. The zero-order valence-electron chi connectivity index (χ0n) is 31.0. The molecule has 0 aliphatic heterocycles. The molecule has 6 atom stereocenters. The summed E-state index contributed by atoms with van der Waals surface area (Å²) in [5.41, 5.74) is 18.7. The van der Waals surface area contributed by atoms with E-state index in [2.05, 4.69) is 163 Å². The van der Waals surface area contributed by atoms with Crippen LogP contribution in [0.3, 0.4) is 0 Å². The van der Waals surface area contributed by atoms with Gasteiger partial charge in [-0.2, -0.15) is 0 Å². The van der Waals surface area contributed by atoms with Gasteiger partial charge in [0.05, 0.1) is 12.3 Å². The van der Waals surface area contributed by atoms with E-state index >= 15 is 0 Å². The van der Waals surface area contributed by atoms with Gasteiger partial charge in [0, 0.05) is 51.1 Å². The van der Waals surface area contributed by atoms with Crippen LogP contribution in [0, 0.1) is 5.92 Å². The molecular formula is C50H45N3O2. The second kappa shape index (κ2) is 14.2. The van der Waals surface area contributed by atoms with Gasteiger partial charge < -0.3 is 14.6 Å². The van der Waals surface area contributed by atoms with E-state index in [9.17, 15) is 0 Å². The van der Waals surface area contributed by atoms with Gasteiger partial charge in [-0.05, 0) is 66.7 Å². The van der Waals surface area contributed by atoms with Gasteiger partial charge in [-0.1, -0.05) is 145 Å². The molecule has 0 saturated heterocycles. The lowest BCUT2D eigenvalue weighted by molar-refractivity contribution is 0.379. The Labute approximate surface area is 322 Å². The second-order valence-corrected chi connectivity index (χ2v) is 15.3. The van der Waals surface area contributed by atoms with Crippen LogP contribution >= 0.6 is 0 Å². The molecule has 4 aliphatic rings. The first kappa shape index (κ1) is 33.8. The molecule has 5 heteroatoms. The predicted octanol–water partition coefficient (Wildman–Crippen LogP) is 11.2. The zero-order valence-corrected chi connectivity index (χ0v) is 31.0. The third kappa shape index (κ3) is 6.09. The van der Waals surface area contributed by atoms with E-state index in [0.29, 0.717) is 5.92 Å². The fraction of sp³-hybridized carbons (Fsp3) is 0.200. The highest BCUT2D eigenvalue weighted by Gasteiger charge is 2.34. The van der Waals surface area contributed by atoms with Crippen molar-refractivity contribution in [2.75, 3.05) is 0 Å². The van der Waals surface area contributed by atoms with Crippen LogP contribution in [-0.4, -0.2) is 12.2 Å². The largest absolute Gasteiger partial charge is 0.456 e. The minimum absolute atomic E-state index is 0.126. The molecule has 4 aromatic carbocycles. The van der Waals surface area contributed by atoms with Gasteiger partial charge in [-0.25, -0.2) is 0 Å². The standard InChI is InChI=1S/C50H45N3O2/c1-31(32-14-4-2-5-15-32)52-50(42-23-12-22-40-38-20-10-11-24-44(38)55-48(40)42)53-49(51)41-28-27-37(35-18-8-9-19-36(35)41)39-21-13-25-46-47(39)43-30-34(26-29-45(43)54-46)33-16-6-3-7-17-33/h2-4,6-14,16-29,31,34-35,37,49-50,52-53H,5,15,30,51H2,1H3. The van der Waals surface area contributed by atoms with Crippen molar-refractivity contribution in [3.05, 3.63) is 196 Å². The Morgan fingerprint density at radius 3 is 2.45 bits per heavy atom. The van der Waals surface area contributed by atoms with E-state index in [1.807, 2.05) is 12.1 Å². The van der Waals surface area contributed by atoms with Crippen molar-refractivity contribution in [2.45, 2.75) is 56.4 Å². The molecular weight excluding hydrogens is 675 g/mol. The van der Waals surface area contributed by atoms with E-state index in [1.54, 1.807) is 0 Å². The van der Waals surface area contributed by atoms with Crippen LogP contribution in [0.1, 0.15) is 65.8 Å². The quantitative estimate of drug-likeness (QED) is 0.130. The van der Waals surface area contributed by atoms with Crippen molar-refractivity contribution < 1.29 is 8.83 Å².